The Morgan fingerprint density at radius 1 is 1.04 bits per heavy atom. The highest BCUT2D eigenvalue weighted by Gasteiger charge is 2.11. The van der Waals surface area contributed by atoms with Crippen molar-refractivity contribution in [1.82, 2.24) is 15.3 Å². The number of amides is 1. The van der Waals surface area contributed by atoms with Crippen molar-refractivity contribution in [2.45, 2.75) is 20.3 Å². The molecule has 6 heteroatoms. The van der Waals surface area contributed by atoms with E-state index in [1.165, 1.54) is 0 Å². The second-order valence-electron chi connectivity index (χ2n) is 6.51. The van der Waals surface area contributed by atoms with Crippen molar-refractivity contribution in [3.05, 3.63) is 77.1 Å². The minimum Gasteiger partial charge on any atom is -0.497 e. The molecule has 0 aliphatic heterocycles. The number of nitrogens with zero attached hydrogens (tertiary/aromatic N) is 2. The van der Waals surface area contributed by atoms with E-state index in [2.05, 4.69) is 20.6 Å². The van der Waals surface area contributed by atoms with E-state index in [1.807, 2.05) is 62.4 Å². The highest BCUT2D eigenvalue weighted by atomic mass is 16.5. The second-order valence-corrected chi connectivity index (χ2v) is 6.51. The molecule has 2 N–H and O–H groups in total. The maximum atomic E-state index is 12.5. The Morgan fingerprint density at radius 2 is 1.79 bits per heavy atom. The lowest BCUT2D eigenvalue weighted by atomic mass is 10.1. The number of hydrogen-bond donors (Lipinski definition) is 2. The van der Waals surface area contributed by atoms with Gasteiger partial charge in [0.05, 0.1) is 7.11 Å². The summed E-state index contributed by atoms with van der Waals surface area (Å²) in [6.07, 6.45) is 0.730. The van der Waals surface area contributed by atoms with E-state index in [0.717, 1.165) is 34.7 Å². The Balaban J connectivity index is 1.63. The number of rotatable bonds is 7. The molecule has 1 heterocycles. The molecule has 1 amide bonds. The molecule has 0 bridgehead atoms. The van der Waals surface area contributed by atoms with E-state index in [-0.39, 0.29) is 5.91 Å². The molecule has 0 saturated carbocycles. The molecule has 3 aromatic rings. The lowest BCUT2D eigenvalue weighted by Crippen LogP contribution is -2.27. The van der Waals surface area contributed by atoms with Crippen LogP contribution in [0.4, 0.5) is 11.6 Å². The molecule has 0 unspecified atom stereocenters. The third-order valence-electron chi connectivity index (χ3n) is 4.34. The summed E-state index contributed by atoms with van der Waals surface area (Å²) in [4.78, 5) is 21.3. The van der Waals surface area contributed by atoms with Gasteiger partial charge in [-0.15, -0.1) is 0 Å². The van der Waals surface area contributed by atoms with Crippen molar-refractivity contribution >= 4 is 17.5 Å². The molecule has 0 aliphatic carbocycles. The second kappa shape index (κ2) is 8.99. The first kappa shape index (κ1) is 19.4. The van der Waals surface area contributed by atoms with Gasteiger partial charge < -0.3 is 15.4 Å². The summed E-state index contributed by atoms with van der Waals surface area (Å²) < 4.78 is 5.15. The number of aromatic nitrogens is 2. The van der Waals surface area contributed by atoms with Crippen LogP contribution in [-0.4, -0.2) is 29.5 Å². The van der Waals surface area contributed by atoms with Crippen LogP contribution in [-0.2, 0) is 6.42 Å². The van der Waals surface area contributed by atoms with Crippen LogP contribution >= 0.6 is 0 Å². The molecular formula is C22H24N4O2. The zero-order chi connectivity index (χ0) is 19.9. The predicted molar refractivity (Wildman–Crippen MR) is 110 cm³/mol. The lowest BCUT2D eigenvalue weighted by molar-refractivity contribution is 0.0949. The molecule has 0 aliphatic rings. The Morgan fingerprint density at radius 3 is 2.50 bits per heavy atom. The number of carbonyl (C=O) groups excluding carboxylic acids is 1. The molecule has 144 valence electrons. The molecule has 28 heavy (non-hydrogen) atoms. The van der Waals surface area contributed by atoms with Gasteiger partial charge in [0.15, 0.2) is 0 Å². The fourth-order valence-electron chi connectivity index (χ4n) is 2.78. The summed E-state index contributed by atoms with van der Waals surface area (Å²) in [6.45, 7) is 4.37. The number of ether oxygens (including phenoxy) is 1. The van der Waals surface area contributed by atoms with Gasteiger partial charge in [0, 0.05) is 17.9 Å². The van der Waals surface area contributed by atoms with E-state index < -0.39 is 0 Å². The number of methoxy groups -OCH3 is 1. The Labute approximate surface area is 165 Å². The van der Waals surface area contributed by atoms with Gasteiger partial charge in [-0.2, -0.15) is 0 Å². The van der Waals surface area contributed by atoms with E-state index in [4.69, 9.17) is 4.74 Å². The molecule has 0 spiro atoms. The van der Waals surface area contributed by atoms with Crippen molar-refractivity contribution < 1.29 is 9.53 Å². The summed E-state index contributed by atoms with van der Waals surface area (Å²) >= 11 is 0. The first-order valence-corrected chi connectivity index (χ1v) is 9.14. The first-order valence-electron chi connectivity index (χ1n) is 9.14. The quantitative estimate of drug-likeness (QED) is 0.656. The highest BCUT2D eigenvalue weighted by Crippen LogP contribution is 2.18. The lowest BCUT2D eigenvalue weighted by Gasteiger charge is -2.10. The fraction of sp³-hybridized carbons (Fsp3) is 0.227. The molecule has 0 fully saturated rings. The Kier molecular flexibility index (Phi) is 6.22. The molecular weight excluding hydrogens is 352 g/mol. The van der Waals surface area contributed by atoms with Crippen LogP contribution in [0.15, 0.2) is 54.6 Å². The number of hydrogen-bond acceptors (Lipinski definition) is 5. The maximum absolute atomic E-state index is 12.5. The van der Waals surface area contributed by atoms with Gasteiger partial charge in [0.2, 0.25) is 5.95 Å². The van der Waals surface area contributed by atoms with Crippen LogP contribution in [0.5, 0.6) is 5.75 Å². The Bertz CT molecular complexity index is 955. The van der Waals surface area contributed by atoms with Gasteiger partial charge >= 0.3 is 0 Å². The largest absolute Gasteiger partial charge is 0.497 e. The predicted octanol–water partition coefficient (Wildman–Crippen LogP) is 3.82. The third kappa shape index (κ3) is 5.07. The molecule has 1 aromatic heterocycles. The van der Waals surface area contributed by atoms with Crippen molar-refractivity contribution in [2.24, 2.45) is 0 Å². The summed E-state index contributed by atoms with van der Waals surface area (Å²) in [5.41, 5.74) is 4.20. The van der Waals surface area contributed by atoms with Gasteiger partial charge in [-0.1, -0.05) is 30.3 Å². The van der Waals surface area contributed by atoms with E-state index in [1.54, 1.807) is 13.2 Å². The minimum atomic E-state index is -0.216. The van der Waals surface area contributed by atoms with E-state index >= 15 is 0 Å². The first-order chi connectivity index (χ1) is 13.5. The van der Waals surface area contributed by atoms with Gasteiger partial charge in [-0.3, -0.25) is 4.79 Å². The number of carbonyl (C=O) groups is 1. The molecule has 0 radical (unpaired) electrons. The Hall–Kier alpha value is -3.41. The zero-order valence-electron chi connectivity index (χ0n) is 16.3. The number of para-hydroxylation sites is 1. The highest BCUT2D eigenvalue weighted by molar-refractivity contribution is 5.92. The van der Waals surface area contributed by atoms with Crippen molar-refractivity contribution in [1.29, 1.82) is 0 Å². The molecule has 3 rings (SSSR count). The average Bonchev–Trinajstić information content (AvgIpc) is 2.70. The van der Waals surface area contributed by atoms with Gasteiger partial charge in [-0.25, -0.2) is 9.97 Å². The number of benzene rings is 2. The number of aryl methyl sites for hydroxylation is 2. The molecule has 0 atom stereocenters. The normalized spacial score (nSPS) is 10.4. The van der Waals surface area contributed by atoms with Crippen LogP contribution in [0.2, 0.25) is 0 Å². The molecule has 6 nitrogen and oxygen atoms in total. The van der Waals surface area contributed by atoms with Crippen molar-refractivity contribution in [2.75, 3.05) is 19.0 Å². The molecule has 0 saturated heterocycles. The average molecular weight is 376 g/mol. The smallest absolute Gasteiger partial charge is 0.270 e. The van der Waals surface area contributed by atoms with Crippen LogP contribution < -0.4 is 15.4 Å². The number of nitrogens with one attached hydrogen (secondary N) is 2. The van der Waals surface area contributed by atoms with Gasteiger partial charge in [0.1, 0.15) is 11.4 Å². The van der Waals surface area contributed by atoms with E-state index in [0.29, 0.717) is 18.2 Å². The summed E-state index contributed by atoms with van der Waals surface area (Å²) in [7, 11) is 1.64. The molecule has 2 aromatic carbocycles. The zero-order valence-corrected chi connectivity index (χ0v) is 16.3. The van der Waals surface area contributed by atoms with E-state index in [9.17, 15) is 4.79 Å². The number of anilines is 2. The third-order valence-corrected chi connectivity index (χ3v) is 4.34. The van der Waals surface area contributed by atoms with Crippen molar-refractivity contribution in [3.63, 3.8) is 0 Å². The van der Waals surface area contributed by atoms with Gasteiger partial charge in [0.25, 0.3) is 5.91 Å². The maximum Gasteiger partial charge on any atom is 0.270 e. The fourth-order valence-corrected chi connectivity index (χ4v) is 2.78. The van der Waals surface area contributed by atoms with Crippen LogP contribution in [0, 0.1) is 13.8 Å². The van der Waals surface area contributed by atoms with Crippen LogP contribution in [0.3, 0.4) is 0 Å². The minimum absolute atomic E-state index is 0.216. The summed E-state index contributed by atoms with van der Waals surface area (Å²) in [6, 6.07) is 17.4. The van der Waals surface area contributed by atoms with Crippen molar-refractivity contribution in [3.8, 4) is 5.75 Å². The summed E-state index contributed by atoms with van der Waals surface area (Å²) in [5, 5.41) is 6.10. The monoisotopic (exact) mass is 376 g/mol. The standard InChI is InChI=1S/C22H24N4O2/c1-15-6-4-5-7-19(15)25-22-24-16(2)14-20(26-22)21(27)23-13-12-17-8-10-18(28-3)11-9-17/h4-11,14H,12-13H2,1-3H3,(H,23,27)(H,24,25,26). The summed E-state index contributed by atoms with van der Waals surface area (Å²) in [5.74, 6) is 1.01. The van der Waals surface area contributed by atoms with Crippen LogP contribution in [0.1, 0.15) is 27.3 Å². The van der Waals surface area contributed by atoms with Gasteiger partial charge in [-0.05, 0) is 55.7 Å². The SMILES string of the molecule is COc1ccc(CCNC(=O)c2cc(C)nc(Nc3ccccc3C)n2)cc1. The van der Waals surface area contributed by atoms with Crippen LogP contribution in [0.25, 0.3) is 0 Å². The topological polar surface area (TPSA) is 76.1 Å².